The second-order valence-electron chi connectivity index (χ2n) is 8.13. The van der Waals surface area contributed by atoms with Gasteiger partial charge in [-0.2, -0.15) is 0 Å². The summed E-state index contributed by atoms with van der Waals surface area (Å²) in [5.74, 6) is 0. The molecule has 4 aromatic carbocycles. The van der Waals surface area contributed by atoms with Crippen molar-refractivity contribution in [3.05, 3.63) is 114 Å². The highest BCUT2D eigenvalue weighted by molar-refractivity contribution is 5.87. The predicted molar refractivity (Wildman–Crippen MR) is 135 cm³/mol. The molecule has 156 valence electrons. The average molecular weight is 407 g/mol. The van der Waals surface area contributed by atoms with Crippen LogP contribution in [-0.2, 0) is 0 Å². The van der Waals surface area contributed by atoms with E-state index in [1.165, 1.54) is 39.1 Å². The van der Waals surface area contributed by atoms with Gasteiger partial charge in [-0.05, 0) is 73.5 Å². The number of fused-ring (bicyclic) bond motifs is 1. The highest BCUT2D eigenvalue weighted by atomic mass is 15.2. The van der Waals surface area contributed by atoms with E-state index in [-0.39, 0.29) is 6.04 Å². The first-order chi connectivity index (χ1) is 15.0. The number of hydrogen-bond donors (Lipinski definition) is 0. The molecule has 0 fully saturated rings. The Morgan fingerprint density at radius 3 is 2.13 bits per heavy atom. The van der Waals surface area contributed by atoms with Crippen LogP contribution in [0.4, 0.5) is 17.1 Å². The number of aryl methyl sites for hydroxylation is 1. The molecular formula is C29H30N2. The van der Waals surface area contributed by atoms with Gasteiger partial charge in [0.15, 0.2) is 0 Å². The number of para-hydroxylation sites is 2. The number of allylic oxidation sites excluding steroid dienone is 1. The van der Waals surface area contributed by atoms with Crippen molar-refractivity contribution in [3.63, 3.8) is 0 Å². The van der Waals surface area contributed by atoms with Crippen LogP contribution in [0.2, 0.25) is 0 Å². The van der Waals surface area contributed by atoms with Crippen LogP contribution in [0.15, 0.2) is 109 Å². The fourth-order valence-electron chi connectivity index (χ4n) is 4.14. The van der Waals surface area contributed by atoms with Gasteiger partial charge in [-0.25, -0.2) is 0 Å². The maximum Gasteiger partial charge on any atom is 0.0513 e. The van der Waals surface area contributed by atoms with Gasteiger partial charge in [-0.3, -0.25) is 0 Å². The highest BCUT2D eigenvalue weighted by Crippen LogP contribution is 2.33. The zero-order chi connectivity index (χ0) is 21.8. The molecule has 0 bridgehead atoms. The third kappa shape index (κ3) is 4.49. The summed E-state index contributed by atoms with van der Waals surface area (Å²) in [6, 6.07) is 34.6. The van der Waals surface area contributed by atoms with Gasteiger partial charge in [0.25, 0.3) is 0 Å². The van der Waals surface area contributed by atoms with Crippen LogP contribution in [0.25, 0.3) is 10.8 Å². The van der Waals surface area contributed by atoms with Crippen LogP contribution >= 0.6 is 0 Å². The number of nitrogens with zero attached hydrogens (tertiary/aromatic N) is 2. The Bertz CT molecular complexity index is 1190. The topological polar surface area (TPSA) is 6.48 Å². The molecule has 0 amide bonds. The van der Waals surface area contributed by atoms with Crippen LogP contribution in [0, 0.1) is 6.92 Å². The molecule has 2 nitrogen and oxygen atoms in total. The summed E-state index contributed by atoms with van der Waals surface area (Å²) in [5, 5.41) is 2.52. The van der Waals surface area contributed by atoms with Gasteiger partial charge < -0.3 is 9.80 Å². The maximum absolute atomic E-state index is 2.43. The fraction of sp³-hybridized carbons (Fsp3) is 0.172. The Labute approximate surface area is 186 Å². The van der Waals surface area contributed by atoms with E-state index in [0.717, 1.165) is 0 Å². The summed E-state index contributed by atoms with van der Waals surface area (Å²) in [5.41, 5.74) is 6.11. The normalized spacial score (nSPS) is 12.6. The molecule has 1 unspecified atom stereocenters. The molecule has 31 heavy (non-hydrogen) atoms. The van der Waals surface area contributed by atoms with Crippen molar-refractivity contribution in [2.75, 3.05) is 16.8 Å². The van der Waals surface area contributed by atoms with Crippen molar-refractivity contribution < 1.29 is 0 Å². The van der Waals surface area contributed by atoms with E-state index in [1.54, 1.807) is 0 Å². The van der Waals surface area contributed by atoms with Crippen LogP contribution in [0.3, 0.4) is 0 Å². The van der Waals surface area contributed by atoms with Crippen molar-refractivity contribution in [1.29, 1.82) is 0 Å². The first-order valence-electron chi connectivity index (χ1n) is 10.9. The third-order valence-electron chi connectivity index (χ3n) is 5.95. The molecule has 0 aliphatic carbocycles. The van der Waals surface area contributed by atoms with Gasteiger partial charge in [0.1, 0.15) is 0 Å². The minimum absolute atomic E-state index is 0.174. The monoisotopic (exact) mass is 406 g/mol. The molecule has 0 heterocycles. The smallest absolute Gasteiger partial charge is 0.0513 e. The van der Waals surface area contributed by atoms with Gasteiger partial charge >= 0.3 is 0 Å². The molecule has 0 N–H and O–H groups in total. The zero-order valence-electron chi connectivity index (χ0n) is 18.8. The van der Waals surface area contributed by atoms with Crippen molar-refractivity contribution in [2.45, 2.75) is 26.8 Å². The van der Waals surface area contributed by atoms with E-state index < -0.39 is 0 Å². The average Bonchev–Trinajstić information content (AvgIpc) is 2.80. The van der Waals surface area contributed by atoms with Crippen LogP contribution in [0.1, 0.15) is 19.4 Å². The van der Waals surface area contributed by atoms with Crippen molar-refractivity contribution >= 4 is 27.8 Å². The zero-order valence-corrected chi connectivity index (χ0v) is 18.8. The minimum Gasteiger partial charge on any atom is -0.349 e. The molecule has 4 rings (SSSR count). The van der Waals surface area contributed by atoms with E-state index in [9.17, 15) is 0 Å². The number of hydrogen-bond acceptors (Lipinski definition) is 2. The van der Waals surface area contributed by atoms with E-state index >= 15 is 0 Å². The van der Waals surface area contributed by atoms with Gasteiger partial charge in [-0.1, -0.05) is 66.7 Å². The van der Waals surface area contributed by atoms with Crippen LogP contribution in [0.5, 0.6) is 0 Å². The summed E-state index contributed by atoms with van der Waals surface area (Å²) in [6.45, 7) is 6.63. The summed E-state index contributed by atoms with van der Waals surface area (Å²) >= 11 is 0. The second kappa shape index (κ2) is 9.09. The molecule has 0 aliphatic rings. The Hall–Kier alpha value is -3.52. The summed E-state index contributed by atoms with van der Waals surface area (Å²) in [4.78, 5) is 4.68. The minimum atomic E-state index is 0.174. The van der Waals surface area contributed by atoms with Crippen LogP contribution < -0.4 is 9.80 Å². The van der Waals surface area contributed by atoms with Gasteiger partial charge in [-0.15, -0.1) is 0 Å². The lowest BCUT2D eigenvalue weighted by Crippen LogP contribution is -2.29. The number of benzene rings is 4. The molecule has 0 saturated carbocycles. The Morgan fingerprint density at radius 2 is 1.39 bits per heavy atom. The number of rotatable bonds is 6. The van der Waals surface area contributed by atoms with E-state index in [0.29, 0.717) is 0 Å². The molecule has 4 aromatic rings. The molecule has 0 radical (unpaired) electrons. The lowest BCUT2D eigenvalue weighted by molar-refractivity contribution is 0.845. The van der Waals surface area contributed by atoms with E-state index in [1.807, 2.05) is 0 Å². The SMILES string of the molecule is C/C(=C/C(C)N(c1ccc2ccccc2c1)c1ccccc1C)N(C)c1ccccc1. The lowest BCUT2D eigenvalue weighted by atomic mass is 10.1. The summed E-state index contributed by atoms with van der Waals surface area (Å²) < 4.78 is 0. The van der Waals surface area contributed by atoms with Crippen LogP contribution in [-0.4, -0.2) is 13.1 Å². The standard InChI is InChI=1S/C29H30N2/c1-22-12-8-11-17-29(22)31(28-19-18-25-13-9-10-14-26(25)21-28)24(3)20-23(2)30(4)27-15-6-5-7-16-27/h5-21,24H,1-4H3/b23-20-. The highest BCUT2D eigenvalue weighted by Gasteiger charge is 2.18. The first kappa shape index (κ1) is 20.7. The lowest BCUT2D eigenvalue weighted by Gasteiger charge is -2.32. The molecule has 0 spiro atoms. The Morgan fingerprint density at radius 1 is 0.742 bits per heavy atom. The van der Waals surface area contributed by atoms with Crippen molar-refractivity contribution in [3.8, 4) is 0 Å². The molecular weight excluding hydrogens is 376 g/mol. The summed E-state index contributed by atoms with van der Waals surface area (Å²) in [7, 11) is 2.13. The first-order valence-corrected chi connectivity index (χ1v) is 10.9. The van der Waals surface area contributed by atoms with Gasteiger partial charge in [0.05, 0.1) is 6.04 Å². The van der Waals surface area contributed by atoms with Gasteiger partial charge in [0.2, 0.25) is 0 Å². The van der Waals surface area contributed by atoms with E-state index in [2.05, 4.69) is 141 Å². The van der Waals surface area contributed by atoms with Crippen molar-refractivity contribution in [2.24, 2.45) is 0 Å². The molecule has 0 aromatic heterocycles. The maximum atomic E-state index is 2.43. The fourth-order valence-corrected chi connectivity index (χ4v) is 4.14. The van der Waals surface area contributed by atoms with Crippen molar-refractivity contribution in [1.82, 2.24) is 0 Å². The summed E-state index contributed by atoms with van der Waals surface area (Å²) in [6.07, 6.45) is 2.34. The molecule has 2 heteroatoms. The third-order valence-corrected chi connectivity index (χ3v) is 5.95. The Kier molecular flexibility index (Phi) is 6.08. The van der Waals surface area contributed by atoms with Gasteiger partial charge in [0, 0.05) is 29.8 Å². The predicted octanol–water partition coefficient (Wildman–Crippen LogP) is 7.72. The Balaban J connectivity index is 1.76. The van der Waals surface area contributed by atoms with E-state index in [4.69, 9.17) is 0 Å². The second-order valence-corrected chi connectivity index (χ2v) is 8.13. The molecule has 0 aliphatic heterocycles. The number of anilines is 3. The molecule has 0 saturated heterocycles. The largest absolute Gasteiger partial charge is 0.349 e. The quantitative estimate of drug-likeness (QED) is 0.323. The molecule has 1 atom stereocenters.